The Kier molecular flexibility index (Phi) is 10.3. The minimum atomic E-state index is -0.456. The van der Waals surface area contributed by atoms with E-state index >= 15 is 0 Å². The summed E-state index contributed by atoms with van der Waals surface area (Å²) in [5.41, 5.74) is 2.20. The molecule has 29 heavy (non-hydrogen) atoms. The van der Waals surface area contributed by atoms with Crippen LogP contribution in [0.25, 0.3) is 0 Å². The molecule has 6 heteroatoms. The molecule has 0 fully saturated rings. The molecule has 2 aromatic rings. The second kappa shape index (κ2) is 12.7. The number of benzene rings is 2. The summed E-state index contributed by atoms with van der Waals surface area (Å²) in [6.07, 6.45) is 1.46. The molecule has 0 saturated heterocycles. The quantitative estimate of drug-likeness (QED) is 0.495. The maximum absolute atomic E-state index is 13.1. The van der Waals surface area contributed by atoms with Gasteiger partial charge in [0.1, 0.15) is 6.04 Å². The van der Waals surface area contributed by atoms with Crippen LogP contribution in [-0.2, 0) is 21.9 Å². The third kappa shape index (κ3) is 7.86. The van der Waals surface area contributed by atoms with Gasteiger partial charge in [-0.3, -0.25) is 9.59 Å². The van der Waals surface area contributed by atoms with Crippen molar-refractivity contribution in [3.8, 4) is 0 Å². The Morgan fingerprint density at radius 2 is 1.72 bits per heavy atom. The average Bonchev–Trinajstić information content (AvgIpc) is 2.74. The van der Waals surface area contributed by atoms with Crippen LogP contribution >= 0.6 is 27.7 Å². The number of hydrogen-bond donors (Lipinski definition) is 1. The van der Waals surface area contributed by atoms with Gasteiger partial charge in [-0.1, -0.05) is 72.2 Å². The zero-order chi connectivity index (χ0) is 21.1. The van der Waals surface area contributed by atoms with Gasteiger partial charge in [0.05, 0.1) is 5.75 Å². The van der Waals surface area contributed by atoms with E-state index in [-0.39, 0.29) is 11.8 Å². The summed E-state index contributed by atoms with van der Waals surface area (Å²) >= 11 is 5.02. The van der Waals surface area contributed by atoms with Gasteiger partial charge in [0.15, 0.2) is 0 Å². The third-order valence-corrected chi connectivity index (χ3v) is 6.06. The minimum Gasteiger partial charge on any atom is -0.354 e. The number of nitrogens with zero attached hydrogens (tertiary/aromatic N) is 1. The molecule has 2 amide bonds. The first-order valence-corrected chi connectivity index (χ1v) is 11.9. The Balaban J connectivity index is 2.06. The highest BCUT2D eigenvalue weighted by atomic mass is 79.9. The van der Waals surface area contributed by atoms with Crippen molar-refractivity contribution in [1.82, 2.24) is 10.2 Å². The number of hydrogen-bond acceptors (Lipinski definition) is 3. The molecule has 1 N–H and O–H groups in total. The first kappa shape index (κ1) is 23.5. The number of rotatable bonds is 11. The van der Waals surface area contributed by atoms with Crippen molar-refractivity contribution in [3.63, 3.8) is 0 Å². The van der Waals surface area contributed by atoms with Crippen molar-refractivity contribution in [2.45, 2.75) is 45.0 Å². The summed E-state index contributed by atoms with van der Waals surface area (Å²) in [5.74, 6) is 1.03. The average molecular weight is 477 g/mol. The lowest BCUT2D eigenvalue weighted by atomic mass is 10.1. The summed E-state index contributed by atoms with van der Waals surface area (Å²) in [4.78, 5) is 27.5. The van der Waals surface area contributed by atoms with E-state index in [1.54, 1.807) is 16.7 Å². The van der Waals surface area contributed by atoms with Gasteiger partial charge >= 0.3 is 0 Å². The molecule has 0 aliphatic rings. The van der Waals surface area contributed by atoms with Crippen molar-refractivity contribution in [3.05, 3.63) is 70.2 Å². The number of carbonyl (C=O) groups is 2. The van der Waals surface area contributed by atoms with Crippen LogP contribution in [0.1, 0.15) is 37.8 Å². The Morgan fingerprint density at radius 1 is 1.03 bits per heavy atom. The van der Waals surface area contributed by atoms with Crippen LogP contribution in [-0.4, -0.2) is 35.1 Å². The molecule has 0 bridgehead atoms. The lowest BCUT2D eigenvalue weighted by Gasteiger charge is -2.30. The molecular weight excluding hydrogens is 448 g/mol. The molecule has 1 atom stereocenters. The molecule has 0 spiro atoms. The predicted octanol–water partition coefficient (Wildman–Crippen LogP) is 5.02. The molecule has 0 aliphatic carbocycles. The van der Waals surface area contributed by atoms with Gasteiger partial charge in [0.25, 0.3) is 0 Å². The van der Waals surface area contributed by atoms with Crippen molar-refractivity contribution in [1.29, 1.82) is 0 Å². The highest BCUT2D eigenvalue weighted by molar-refractivity contribution is 9.10. The van der Waals surface area contributed by atoms with Crippen molar-refractivity contribution >= 4 is 39.5 Å². The van der Waals surface area contributed by atoms with Crippen LogP contribution < -0.4 is 5.32 Å². The lowest BCUT2D eigenvalue weighted by molar-refractivity contribution is -0.139. The van der Waals surface area contributed by atoms with Gasteiger partial charge in [-0.2, -0.15) is 0 Å². The largest absolute Gasteiger partial charge is 0.354 e. The van der Waals surface area contributed by atoms with Crippen LogP contribution in [0.5, 0.6) is 0 Å². The van der Waals surface area contributed by atoms with E-state index in [1.165, 1.54) is 5.56 Å². The second-order valence-corrected chi connectivity index (χ2v) is 8.74. The number of thioether (sulfide) groups is 1. The van der Waals surface area contributed by atoms with Gasteiger partial charge in [0, 0.05) is 23.3 Å². The normalized spacial score (nSPS) is 11.7. The third-order valence-electron chi connectivity index (χ3n) is 4.54. The molecule has 0 aromatic heterocycles. The zero-order valence-electron chi connectivity index (χ0n) is 17.1. The first-order valence-electron chi connectivity index (χ1n) is 9.98. The monoisotopic (exact) mass is 476 g/mol. The maximum Gasteiger partial charge on any atom is 0.242 e. The highest BCUT2D eigenvalue weighted by Crippen LogP contribution is 2.18. The topological polar surface area (TPSA) is 49.4 Å². The summed E-state index contributed by atoms with van der Waals surface area (Å²) in [7, 11) is 0. The van der Waals surface area contributed by atoms with E-state index in [9.17, 15) is 9.59 Å². The SMILES string of the molecule is CCCNC(=O)C(CC)N(Cc1ccccc1)C(=O)CSCc1ccc(Br)cc1. The van der Waals surface area contributed by atoms with Crippen LogP contribution in [0.3, 0.4) is 0 Å². The summed E-state index contributed by atoms with van der Waals surface area (Å²) in [5, 5.41) is 2.95. The van der Waals surface area contributed by atoms with E-state index < -0.39 is 6.04 Å². The maximum atomic E-state index is 13.1. The molecule has 4 nitrogen and oxygen atoms in total. The number of amides is 2. The van der Waals surface area contributed by atoms with E-state index in [4.69, 9.17) is 0 Å². The molecule has 0 aliphatic heterocycles. The number of carbonyl (C=O) groups excluding carboxylic acids is 2. The molecule has 0 heterocycles. The number of halogens is 1. The van der Waals surface area contributed by atoms with E-state index in [2.05, 4.69) is 33.4 Å². The fourth-order valence-electron chi connectivity index (χ4n) is 2.99. The molecule has 0 saturated carbocycles. The Morgan fingerprint density at radius 3 is 2.34 bits per heavy atom. The van der Waals surface area contributed by atoms with Gasteiger partial charge in [-0.05, 0) is 36.1 Å². The molecule has 2 rings (SSSR count). The minimum absolute atomic E-state index is 0.00513. The van der Waals surface area contributed by atoms with Gasteiger partial charge in [-0.25, -0.2) is 0 Å². The van der Waals surface area contributed by atoms with Gasteiger partial charge in [0.2, 0.25) is 11.8 Å². The molecule has 1 unspecified atom stereocenters. The smallest absolute Gasteiger partial charge is 0.242 e. The van der Waals surface area contributed by atoms with Crippen LogP contribution in [0.2, 0.25) is 0 Å². The summed E-state index contributed by atoms with van der Waals surface area (Å²) < 4.78 is 1.04. The Bertz CT molecular complexity index is 768. The van der Waals surface area contributed by atoms with Crippen molar-refractivity contribution in [2.24, 2.45) is 0 Å². The Hall–Kier alpha value is -1.79. The van der Waals surface area contributed by atoms with E-state index in [0.717, 1.165) is 22.2 Å². The highest BCUT2D eigenvalue weighted by Gasteiger charge is 2.28. The zero-order valence-corrected chi connectivity index (χ0v) is 19.5. The van der Waals surface area contributed by atoms with Crippen molar-refractivity contribution in [2.75, 3.05) is 12.3 Å². The molecule has 0 radical (unpaired) electrons. The standard InChI is InChI=1S/C23H29BrN2O2S/c1-3-14-25-23(28)21(4-2)26(15-18-8-6-5-7-9-18)22(27)17-29-16-19-10-12-20(24)13-11-19/h5-13,21H,3-4,14-17H2,1-2H3,(H,25,28). The van der Waals surface area contributed by atoms with E-state index in [0.29, 0.717) is 25.3 Å². The molecule has 2 aromatic carbocycles. The fourth-order valence-corrected chi connectivity index (χ4v) is 4.12. The van der Waals surface area contributed by atoms with Crippen LogP contribution in [0.15, 0.2) is 59.1 Å². The van der Waals surface area contributed by atoms with E-state index in [1.807, 2.05) is 56.3 Å². The predicted molar refractivity (Wildman–Crippen MR) is 125 cm³/mol. The second-order valence-electron chi connectivity index (χ2n) is 6.84. The molecular formula is C23H29BrN2O2S. The number of nitrogens with one attached hydrogen (secondary N) is 1. The summed E-state index contributed by atoms with van der Waals surface area (Å²) in [6, 6.07) is 17.5. The van der Waals surface area contributed by atoms with Crippen molar-refractivity contribution < 1.29 is 9.59 Å². The first-order chi connectivity index (χ1) is 14.0. The van der Waals surface area contributed by atoms with Crippen LogP contribution in [0, 0.1) is 0 Å². The lowest BCUT2D eigenvalue weighted by Crippen LogP contribution is -2.49. The van der Waals surface area contributed by atoms with Crippen LogP contribution in [0.4, 0.5) is 0 Å². The molecule has 156 valence electrons. The van der Waals surface area contributed by atoms with Gasteiger partial charge in [-0.15, -0.1) is 11.8 Å². The fraction of sp³-hybridized carbons (Fsp3) is 0.391. The van der Waals surface area contributed by atoms with Gasteiger partial charge < -0.3 is 10.2 Å². The summed E-state index contributed by atoms with van der Waals surface area (Å²) in [6.45, 7) is 5.04. The Labute approximate surface area is 186 Å².